The predicted molar refractivity (Wildman–Crippen MR) is 70.1 cm³/mol. The quantitative estimate of drug-likeness (QED) is 0.850. The molecule has 1 unspecified atom stereocenters. The zero-order chi connectivity index (χ0) is 14.0. The number of nitrogens with one attached hydrogen (secondary N) is 1. The summed E-state index contributed by atoms with van der Waals surface area (Å²) in [6.45, 7) is 3.67. The van der Waals surface area contributed by atoms with E-state index < -0.39 is 22.0 Å². The summed E-state index contributed by atoms with van der Waals surface area (Å²) in [5.74, 6) is -0.505. The first kappa shape index (κ1) is 14.0. The van der Waals surface area contributed by atoms with Gasteiger partial charge in [0.15, 0.2) is 0 Å². The molecule has 1 saturated heterocycles. The summed E-state index contributed by atoms with van der Waals surface area (Å²) in [6.07, 6.45) is 0.977. The largest absolute Gasteiger partial charge is 0.461 e. The van der Waals surface area contributed by atoms with Crippen LogP contribution in [-0.2, 0) is 19.6 Å². The van der Waals surface area contributed by atoms with Gasteiger partial charge in [-0.15, -0.1) is 0 Å². The van der Waals surface area contributed by atoms with Crippen LogP contribution >= 0.6 is 0 Å². The third-order valence-corrected chi connectivity index (χ3v) is 4.58. The number of hydrogen-bond acceptors (Lipinski definition) is 4. The molecule has 1 N–H and O–H groups in total. The number of esters is 1. The van der Waals surface area contributed by atoms with E-state index in [1.54, 1.807) is 19.1 Å². The topological polar surface area (TPSA) is 72.5 Å². The van der Waals surface area contributed by atoms with Gasteiger partial charge in [-0.2, -0.15) is 4.72 Å². The third-order valence-electron chi connectivity index (χ3n) is 3.09. The van der Waals surface area contributed by atoms with Crippen molar-refractivity contribution in [2.75, 3.05) is 0 Å². The van der Waals surface area contributed by atoms with Crippen LogP contribution in [0.25, 0.3) is 0 Å². The Kier molecular flexibility index (Phi) is 3.91. The summed E-state index contributed by atoms with van der Waals surface area (Å²) in [5.41, 5.74) is 0.977. The average Bonchev–Trinajstić information content (AvgIpc) is 2.33. The maximum atomic E-state index is 12.1. The smallest absolute Gasteiger partial charge is 0.324 e. The highest BCUT2D eigenvalue weighted by atomic mass is 32.2. The molecule has 0 aliphatic carbocycles. The molecule has 2 rings (SSSR count). The Bertz CT molecular complexity index is 565. The highest BCUT2D eigenvalue weighted by molar-refractivity contribution is 7.89. The standard InChI is InChI=1S/C13H17NO4S/c1-9-3-6-11(7-4-9)19(16,17)14-12-8-5-10(2)18-13(12)15/h3-4,6-7,10,12,14H,5,8H2,1-2H3/t10?,12-/m0/s1. The molecule has 1 aromatic rings. The minimum atomic E-state index is -3.68. The summed E-state index contributed by atoms with van der Waals surface area (Å²) in [5, 5.41) is 0. The molecular weight excluding hydrogens is 266 g/mol. The van der Waals surface area contributed by atoms with Crippen LogP contribution in [0.15, 0.2) is 29.2 Å². The van der Waals surface area contributed by atoms with Crippen LogP contribution in [0, 0.1) is 6.92 Å². The van der Waals surface area contributed by atoms with Crippen molar-refractivity contribution in [1.29, 1.82) is 0 Å². The molecule has 1 aromatic carbocycles. The van der Waals surface area contributed by atoms with Crippen molar-refractivity contribution in [2.24, 2.45) is 0 Å². The van der Waals surface area contributed by atoms with Gasteiger partial charge in [0, 0.05) is 0 Å². The SMILES string of the molecule is Cc1ccc(S(=O)(=O)N[C@H]2CCC(C)OC2=O)cc1. The van der Waals surface area contributed by atoms with E-state index in [1.807, 2.05) is 6.92 Å². The molecule has 1 fully saturated rings. The zero-order valence-corrected chi connectivity index (χ0v) is 11.7. The number of rotatable bonds is 3. The van der Waals surface area contributed by atoms with E-state index in [0.717, 1.165) is 5.56 Å². The molecule has 0 amide bonds. The molecule has 1 heterocycles. The Labute approximate surface area is 113 Å². The van der Waals surface area contributed by atoms with Crippen molar-refractivity contribution in [3.8, 4) is 0 Å². The molecule has 0 aromatic heterocycles. The van der Waals surface area contributed by atoms with E-state index >= 15 is 0 Å². The van der Waals surface area contributed by atoms with Crippen LogP contribution in [0.4, 0.5) is 0 Å². The Hall–Kier alpha value is -1.40. The molecule has 0 saturated carbocycles. The monoisotopic (exact) mass is 283 g/mol. The Morgan fingerprint density at radius 1 is 1.21 bits per heavy atom. The second-order valence-corrected chi connectivity index (χ2v) is 6.53. The lowest BCUT2D eigenvalue weighted by atomic mass is 10.1. The van der Waals surface area contributed by atoms with Gasteiger partial charge in [-0.3, -0.25) is 4.79 Å². The molecule has 104 valence electrons. The van der Waals surface area contributed by atoms with Crippen molar-refractivity contribution in [3.63, 3.8) is 0 Å². The first-order valence-electron chi connectivity index (χ1n) is 6.18. The predicted octanol–water partition coefficient (Wildman–Crippen LogP) is 1.37. The zero-order valence-electron chi connectivity index (χ0n) is 10.9. The summed E-state index contributed by atoms with van der Waals surface area (Å²) < 4.78 is 31.7. The van der Waals surface area contributed by atoms with Gasteiger partial charge in [0.1, 0.15) is 6.04 Å². The maximum Gasteiger partial charge on any atom is 0.324 e. The van der Waals surface area contributed by atoms with Crippen molar-refractivity contribution in [1.82, 2.24) is 4.72 Å². The van der Waals surface area contributed by atoms with Gasteiger partial charge in [0.2, 0.25) is 10.0 Å². The molecule has 0 bridgehead atoms. The minimum Gasteiger partial charge on any atom is -0.461 e. The van der Waals surface area contributed by atoms with Gasteiger partial charge >= 0.3 is 5.97 Å². The number of carbonyl (C=O) groups excluding carboxylic acids is 1. The molecule has 0 radical (unpaired) electrons. The minimum absolute atomic E-state index is 0.146. The lowest BCUT2D eigenvalue weighted by Crippen LogP contribution is -2.45. The van der Waals surface area contributed by atoms with Gasteiger partial charge < -0.3 is 4.74 Å². The molecule has 0 spiro atoms. The number of sulfonamides is 1. The van der Waals surface area contributed by atoms with Gasteiger partial charge in [-0.1, -0.05) is 17.7 Å². The molecule has 6 heteroatoms. The first-order chi connectivity index (χ1) is 8.88. The number of cyclic esters (lactones) is 1. The number of aryl methyl sites for hydroxylation is 1. The average molecular weight is 283 g/mol. The van der Waals surface area contributed by atoms with Crippen molar-refractivity contribution in [3.05, 3.63) is 29.8 Å². The lowest BCUT2D eigenvalue weighted by molar-refractivity contribution is -0.155. The van der Waals surface area contributed by atoms with Crippen LogP contribution in [-0.4, -0.2) is 26.5 Å². The van der Waals surface area contributed by atoms with Crippen LogP contribution in [0.5, 0.6) is 0 Å². The Morgan fingerprint density at radius 3 is 2.42 bits per heavy atom. The van der Waals surface area contributed by atoms with Crippen LogP contribution in [0.1, 0.15) is 25.3 Å². The second kappa shape index (κ2) is 5.30. The van der Waals surface area contributed by atoms with E-state index in [0.29, 0.717) is 12.8 Å². The normalized spacial score (nSPS) is 24.0. The molecule has 19 heavy (non-hydrogen) atoms. The highest BCUT2D eigenvalue weighted by Crippen LogP contribution is 2.17. The molecule has 5 nitrogen and oxygen atoms in total. The Balaban J connectivity index is 2.13. The number of hydrogen-bond donors (Lipinski definition) is 1. The molecular formula is C13H17NO4S. The third kappa shape index (κ3) is 3.33. The van der Waals surface area contributed by atoms with Gasteiger partial charge in [0.05, 0.1) is 11.0 Å². The van der Waals surface area contributed by atoms with Crippen molar-refractivity contribution in [2.45, 2.75) is 43.7 Å². The molecule has 2 atom stereocenters. The number of carbonyl (C=O) groups is 1. The fourth-order valence-electron chi connectivity index (χ4n) is 1.94. The van der Waals surface area contributed by atoms with Crippen molar-refractivity contribution >= 4 is 16.0 Å². The van der Waals surface area contributed by atoms with E-state index in [-0.39, 0.29) is 11.0 Å². The van der Waals surface area contributed by atoms with Gasteiger partial charge in [0.25, 0.3) is 0 Å². The van der Waals surface area contributed by atoms with E-state index in [2.05, 4.69) is 4.72 Å². The van der Waals surface area contributed by atoms with Crippen LogP contribution in [0.3, 0.4) is 0 Å². The summed E-state index contributed by atoms with van der Waals surface area (Å²) >= 11 is 0. The summed E-state index contributed by atoms with van der Waals surface area (Å²) in [7, 11) is -3.68. The van der Waals surface area contributed by atoms with Crippen LogP contribution < -0.4 is 4.72 Å². The fraction of sp³-hybridized carbons (Fsp3) is 0.462. The molecule has 1 aliphatic rings. The molecule has 1 aliphatic heterocycles. The fourth-order valence-corrected chi connectivity index (χ4v) is 3.16. The van der Waals surface area contributed by atoms with Crippen LogP contribution in [0.2, 0.25) is 0 Å². The first-order valence-corrected chi connectivity index (χ1v) is 7.66. The van der Waals surface area contributed by atoms with Gasteiger partial charge in [-0.25, -0.2) is 8.42 Å². The van der Waals surface area contributed by atoms with E-state index in [9.17, 15) is 13.2 Å². The lowest BCUT2D eigenvalue weighted by Gasteiger charge is -2.26. The second-order valence-electron chi connectivity index (χ2n) is 4.81. The Morgan fingerprint density at radius 2 is 1.84 bits per heavy atom. The highest BCUT2D eigenvalue weighted by Gasteiger charge is 2.31. The van der Waals surface area contributed by atoms with E-state index in [1.165, 1.54) is 12.1 Å². The summed E-state index contributed by atoms with van der Waals surface area (Å²) in [6, 6.07) is 5.69. The van der Waals surface area contributed by atoms with E-state index in [4.69, 9.17) is 4.74 Å². The number of ether oxygens (including phenoxy) is 1. The van der Waals surface area contributed by atoms with Crippen molar-refractivity contribution < 1.29 is 17.9 Å². The summed E-state index contributed by atoms with van der Waals surface area (Å²) in [4.78, 5) is 11.8. The maximum absolute atomic E-state index is 12.1. The number of benzene rings is 1. The van der Waals surface area contributed by atoms with Gasteiger partial charge in [-0.05, 0) is 38.8 Å².